The van der Waals surface area contributed by atoms with E-state index in [1.54, 1.807) is 0 Å². The maximum absolute atomic E-state index is 13.2. The molecule has 0 saturated heterocycles. The minimum absolute atomic E-state index is 0.192. The van der Waals surface area contributed by atoms with Crippen molar-refractivity contribution in [2.24, 2.45) is 0 Å². The Hall–Kier alpha value is -2.33. The molecule has 0 radical (unpaired) electrons. The van der Waals surface area contributed by atoms with Crippen molar-refractivity contribution in [3.05, 3.63) is 35.9 Å². The van der Waals surface area contributed by atoms with Gasteiger partial charge in [0.2, 0.25) is 0 Å². The van der Waals surface area contributed by atoms with Crippen molar-refractivity contribution in [2.45, 2.75) is 30.5 Å². The predicted molar refractivity (Wildman–Crippen MR) is 63.0 cm³/mol. The largest absolute Gasteiger partial charge is 0.548 e. The Morgan fingerprint density at radius 3 is 1.92 bits per heavy atom. The highest BCUT2D eigenvalue weighted by Gasteiger charge is 2.76. The summed E-state index contributed by atoms with van der Waals surface area (Å²) in [5.74, 6) is -18.1. The van der Waals surface area contributed by atoms with Crippen molar-refractivity contribution in [2.75, 3.05) is 0 Å². The number of nitrogens with one attached hydrogen (secondary N) is 1. The smallest absolute Gasteiger partial charge is 0.460 e. The Labute approximate surface area is 130 Å². The Kier molecular flexibility index (Phi) is 5.47. The lowest BCUT2D eigenvalue weighted by atomic mass is 10.0. The van der Waals surface area contributed by atoms with E-state index < -0.39 is 42.4 Å². The number of hydrogen-bond acceptors (Lipinski definition) is 3. The third kappa shape index (κ3) is 3.95. The molecule has 0 unspecified atom stereocenters. The number of carbonyl (C=O) groups is 2. The molecule has 0 saturated carbocycles. The van der Waals surface area contributed by atoms with E-state index in [1.165, 1.54) is 30.3 Å². The van der Waals surface area contributed by atoms with Crippen molar-refractivity contribution in [1.29, 1.82) is 0 Å². The topological polar surface area (TPSA) is 69.2 Å². The number of hydrogen-bond donors (Lipinski definition) is 1. The van der Waals surface area contributed by atoms with Gasteiger partial charge in [-0.1, -0.05) is 30.3 Å². The van der Waals surface area contributed by atoms with Crippen LogP contribution in [0.5, 0.6) is 0 Å². The molecule has 0 heterocycles. The molecule has 0 aromatic heterocycles. The summed E-state index contributed by atoms with van der Waals surface area (Å²) >= 11 is 0. The maximum atomic E-state index is 13.2. The average molecular weight is 360 g/mol. The molecular formula is C13H9F7NO3-. The summed E-state index contributed by atoms with van der Waals surface area (Å²) < 4.78 is 87.8. The van der Waals surface area contributed by atoms with Gasteiger partial charge in [-0.25, -0.2) is 0 Å². The Morgan fingerprint density at radius 1 is 1.00 bits per heavy atom. The number of aliphatic carboxylic acids is 1. The Balaban J connectivity index is 2.98. The first-order valence-corrected chi connectivity index (χ1v) is 6.19. The van der Waals surface area contributed by atoms with Crippen LogP contribution in [0.25, 0.3) is 0 Å². The summed E-state index contributed by atoms with van der Waals surface area (Å²) in [5, 5.41) is 11.8. The van der Waals surface area contributed by atoms with Gasteiger partial charge in [-0.15, -0.1) is 0 Å². The summed E-state index contributed by atoms with van der Waals surface area (Å²) in [4.78, 5) is 22.0. The third-order valence-corrected chi connectivity index (χ3v) is 2.91. The molecule has 0 aliphatic rings. The van der Waals surface area contributed by atoms with Gasteiger partial charge in [0.05, 0.1) is 12.0 Å². The quantitative estimate of drug-likeness (QED) is 0.778. The summed E-state index contributed by atoms with van der Waals surface area (Å²) in [5.41, 5.74) is 0.192. The van der Waals surface area contributed by atoms with Crippen molar-refractivity contribution in [1.82, 2.24) is 5.32 Å². The first-order valence-electron chi connectivity index (χ1n) is 6.19. The highest BCUT2D eigenvalue weighted by molar-refractivity contribution is 5.88. The van der Waals surface area contributed by atoms with Crippen molar-refractivity contribution < 1.29 is 45.4 Å². The minimum Gasteiger partial charge on any atom is -0.548 e. The fraction of sp³-hybridized carbons (Fsp3) is 0.385. The SMILES string of the molecule is O=C([O-])[C@@H](Cc1ccccc1)NC(=O)C(F)(F)C(F)(F)C(F)(F)F. The van der Waals surface area contributed by atoms with Crippen LogP contribution in [0.4, 0.5) is 30.7 Å². The number of carbonyl (C=O) groups excluding carboxylic acids is 2. The number of carboxylic acid groups (broad SMARTS) is 1. The highest BCUT2D eigenvalue weighted by Crippen LogP contribution is 2.46. The molecule has 0 aliphatic heterocycles. The fourth-order valence-corrected chi connectivity index (χ4v) is 1.61. The minimum atomic E-state index is -6.70. The number of amides is 1. The van der Waals surface area contributed by atoms with E-state index in [0.717, 1.165) is 5.32 Å². The van der Waals surface area contributed by atoms with Crippen LogP contribution in [0.15, 0.2) is 30.3 Å². The molecule has 1 rings (SSSR count). The van der Waals surface area contributed by atoms with Gasteiger partial charge < -0.3 is 15.2 Å². The number of alkyl halides is 7. The van der Waals surface area contributed by atoms with E-state index in [4.69, 9.17) is 0 Å². The molecule has 0 aliphatic carbocycles. The van der Waals surface area contributed by atoms with Crippen molar-refractivity contribution in [3.63, 3.8) is 0 Å². The molecule has 1 amide bonds. The van der Waals surface area contributed by atoms with Crippen LogP contribution in [0.1, 0.15) is 5.56 Å². The van der Waals surface area contributed by atoms with Gasteiger partial charge in [0.1, 0.15) is 0 Å². The molecule has 4 nitrogen and oxygen atoms in total. The number of halogens is 7. The molecule has 134 valence electrons. The van der Waals surface area contributed by atoms with E-state index in [9.17, 15) is 45.4 Å². The number of carboxylic acids is 1. The zero-order valence-corrected chi connectivity index (χ0v) is 11.5. The van der Waals surface area contributed by atoms with Crippen LogP contribution in [0.3, 0.4) is 0 Å². The van der Waals surface area contributed by atoms with E-state index in [0.29, 0.717) is 0 Å². The van der Waals surface area contributed by atoms with Crippen LogP contribution in [-0.2, 0) is 16.0 Å². The van der Waals surface area contributed by atoms with Gasteiger partial charge >= 0.3 is 18.0 Å². The zero-order valence-electron chi connectivity index (χ0n) is 11.5. The lowest BCUT2D eigenvalue weighted by Crippen LogP contribution is -2.62. The second kappa shape index (κ2) is 6.65. The molecule has 24 heavy (non-hydrogen) atoms. The Bertz CT molecular complexity index is 601. The molecule has 0 bridgehead atoms. The van der Waals surface area contributed by atoms with E-state index in [2.05, 4.69) is 0 Å². The summed E-state index contributed by atoms with van der Waals surface area (Å²) in [6.45, 7) is 0. The normalized spacial score (nSPS) is 14.1. The molecule has 0 spiro atoms. The second-order valence-corrected chi connectivity index (χ2v) is 4.68. The lowest BCUT2D eigenvalue weighted by molar-refractivity contribution is -0.344. The molecule has 1 atom stereocenters. The molecule has 0 fully saturated rings. The molecule has 1 N–H and O–H groups in total. The van der Waals surface area contributed by atoms with Gasteiger partial charge in [-0.2, -0.15) is 30.7 Å². The lowest BCUT2D eigenvalue weighted by Gasteiger charge is -2.29. The first-order chi connectivity index (χ1) is 10.8. The number of benzene rings is 1. The predicted octanol–water partition coefficient (Wildman–Crippen LogP) is 1.30. The van der Waals surface area contributed by atoms with Crippen molar-refractivity contribution >= 4 is 11.9 Å². The van der Waals surface area contributed by atoms with Gasteiger partial charge in [-0.05, 0) is 12.0 Å². The van der Waals surface area contributed by atoms with Gasteiger partial charge in [0.15, 0.2) is 0 Å². The van der Waals surface area contributed by atoms with Crippen LogP contribution in [0, 0.1) is 0 Å². The highest BCUT2D eigenvalue weighted by atomic mass is 19.4. The summed E-state index contributed by atoms with van der Waals surface area (Å²) in [7, 11) is 0. The van der Waals surface area contributed by atoms with Gasteiger partial charge in [0.25, 0.3) is 5.91 Å². The van der Waals surface area contributed by atoms with E-state index in [-0.39, 0.29) is 5.56 Å². The van der Waals surface area contributed by atoms with Crippen LogP contribution in [-0.4, -0.2) is 35.9 Å². The average Bonchev–Trinajstić information content (AvgIpc) is 2.45. The van der Waals surface area contributed by atoms with Crippen LogP contribution >= 0.6 is 0 Å². The third-order valence-electron chi connectivity index (χ3n) is 2.91. The van der Waals surface area contributed by atoms with E-state index in [1.807, 2.05) is 0 Å². The van der Waals surface area contributed by atoms with Crippen LogP contribution < -0.4 is 10.4 Å². The fourth-order valence-electron chi connectivity index (χ4n) is 1.61. The molecule has 11 heteroatoms. The van der Waals surface area contributed by atoms with Gasteiger partial charge in [-0.3, -0.25) is 4.79 Å². The van der Waals surface area contributed by atoms with E-state index >= 15 is 0 Å². The van der Waals surface area contributed by atoms with Crippen LogP contribution in [0.2, 0.25) is 0 Å². The Morgan fingerprint density at radius 2 is 1.50 bits per heavy atom. The summed E-state index contributed by atoms with van der Waals surface area (Å²) in [6.07, 6.45) is -7.35. The standard InChI is InChI=1S/C13H10F7NO3/c14-11(15,12(16,17)13(18,19)20)10(24)21-8(9(22)23)6-7-4-2-1-3-5-7/h1-5,8H,6H2,(H,21,24)(H,22,23)/p-1/t8-/m1/s1. The molecular weight excluding hydrogens is 351 g/mol. The van der Waals surface area contributed by atoms with Gasteiger partial charge in [0, 0.05) is 0 Å². The van der Waals surface area contributed by atoms with Crippen molar-refractivity contribution in [3.8, 4) is 0 Å². The maximum Gasteiger partial charge on any atom is 0.460 e. The first kappa shape index (κ1) is 19.7. The number of rotatable bonds is 6. The molecule has 1 aromatic carbocycles. The summed E-state index contributed by atoms with van der Waals surface area (Å²) in [6, 6.07) is 4.80. The monoisotopic (exact) mass is 360 g/mol. The zero-order chi connectivity index (χ0) is 18.8. The molecule has 1 aromatic rings. The second-order valence-electron chi connectivity index (χ2n) is 4.68.